The van der Waals surface area contributed by atoms with Crippen LogP contribution in [0.1, 0.15) is 0 Å². The van der Waals surface area contributed by atoms with Gasteiger partial charge >= 0.3 is 0 Å². The van der Waals surface area contributed by atoms with Crippen molar-refractivity contribution < 1.29 is 8.83 Å². The minimum atomic E-state index is 0.846. The molecule has 6 nitrogen and oxygen atoms in total. The number of benzene rings is 8. The van der Waals surface area contributed by atoms with Gasteiger partial charge in [-0.25, -0.2) is 19.9 Å². The maximum atomic E-state index is 5.32. The van der Waals surface area contributed by atoms with Crippen LogP contribution in [-0.2, 0) is 0 Å². The zero-order valence-corrected chi connectivity index (χ0v) is 29.2. The summed E-state index contributed by atoms with van der Waals surface area (Å²) in [7, 11) is 0. The fourth-order valence-corrected chi connectivity index (χ4v) is 7.90. The largest absolute Gasteiger partial charge is 0.443 e. The lowest BCUT2D eigenvalue weighted by atomic mass is 10.1. The van der Waals surface area contributed by atoms with Crippen LogP contribution in [0.5, 0.6) is 0 Å². The summed E-state index contributed by atoms with van der Waals surface area (Å²) in [5, 5.41) is 9.77. The molecular weight excluding hydrogens is 681 g/mol. The van der Waals surface area contributed by atoms with Gasteiger partial charge in [-0.2, -0.15) is 0 Å². The van der Waals surface area contributed by atoms with E-state index in [1.54, 1.807) is 22.7 Å². The minimum absolute atomic E-state index is 0.846. The molecule has 0 radical (unpaired) electrons. The topological polar surface area (TPSA) is 77.8 Å². The molecule has 52 heavy (non-hydrogen) atoms. The molecule has 0 saturated carbocycles. The van der Waals surface area contributed by atoms with Crippen LogP contribution in [0.25, 0.3) is 85.7 Å². The third kappa shape index (κ3) is 6.11. The van der Waals surface area contributed by atoms with Gasteiger partial charge in [-0.3, -0.25) is 0 Å². The number of oxazole rings is 2. The first-order valence-corrected chi connectivity index (χ1v) is 18.4. The van der Waals surface area contributed by atoms with E-state index in [4.69, 9.17) is 8.83 Å². The van der Waals surface area contributed by atoms with Crippen LogP contribution in [0, 0.1) is 0 Å². The third-order valence-corrected chi connectivity index (χ3v) is 10.6. The van der Waals surface area contributed by atoms with E-state index in [-0.39, 0.29) is 0 Å². The van der Waals surface area contributed by atoms with Gasteiger partial charge in [0.15, 0.2) is 24.0 Å². The molecule has 0 fully saturated rings. The molecule has 0 N–H and O–H groups in total. The second-order valence-electron chi connectivity index (χ2n) is 11.9. The smallest absolute Gasteiger partial charge is 0.182 e. The molecule has 4 heterocycles. The molecule has 248 valence electrons. The van der Waals surface area contributed by atoms with Crippen LogP contribution < -0.4 is 0 Å². The van der Waals surface area contributed by atoms with Crippen molar-refractivity contribution in [2.45, 2.75) is 0 Å². The molecule has 0 bridgehead atoms. The molecule has 4 aromatic heterocycles. The SMILES string of the molecule is c1ccc2c(c1)ccc1ncoc12.c1ccc2c(c1)ccc1ncsc12.c1ccc2c(c1)ccc1ocnc12.c1ccc2c(c1)ccc1scnc12. The van der Waals surface area contributed by atoms with Crippen molar-refractivity contribution in [3.8, 4) is 0 Å². The van der Waals surface area contributed by atoms with Crippen molar-refractivity contribution >= 4 is 108 Å². The Bertz CT molecular complexity index is 2700. The van der Waals surface area contributed by atoms with Crippen molar-refractivity contribution in [3.05, 3.63) is 169 Å². The highest BCUT2D eigenvalue weighted by atomic mass is 32.1. The molecule has 0 atom stereocenters. The van der Waals surface area contributed by atoms with Gasteiger partial charge < -0.3 is 8.83 Å². The van der Waals surface area contributed by atoms with Gasteiger partial charge in [0, 0.05) is 21.5 Å². The fourth-order valence-electron chi connectivity index (χ4n) is 6.38. The van der Waals surface area contributed by atoms with Crippen LogP contribution in [-0.4, -0.2) is 19.9 Å². The van der Waals surface area contributed by atoms with Crippen LogP contribution in [0.15, 0.2) is 178 Å². The Hall–Kier alpha value is -6.48. The molecule has 0 unspecified atom stereocenters. The normalized spacial score (nSPS) is 11.1. The molecule has 0 aliphatic carbocycles. The van der Waals surface area contributed by atoms with Crippen molar-refractivity contribution in [3.63, 3.8) is 0 Å². The lowest BCUT2D eigenvalue weighted by molar-refractivity contribution is 0.602. The van der Waals surface area contributed by atoms with E-state index in [9.17, 15) is 0 Å². The van der Waals surface area contributed by atoms with E-state index in [0.29, 0.717) is 0 Å². The number of fused-ring (bicyclic) bond motifs is 12. The summed E-state index contributed by atoms with van der Waals surface area (Å²) in [5.74, 6) is 0. The standard InChI is InChI=1S/2C11H7NO.2C11H7NS/c1-2-4-9-8(3-1)5-6-10-11(9)12-7-13-10;1-2-4-9-8(3-1)5-6-10-11(9)13-7-12-10;1-2-4-9-8(3-1)5-6-10-11(9)12-7-13-10;1-2-4-9-8(3-1)5-6-10-11(9)13-7-12-10/h4*1-7H. The molecule has 0 amide bonds. The highest BCUT2D eigenvalue weighted by Gasteiger charge is 2.04. The summed E-state index contributed by atoms with van der Waals surface area (Å²) in [4.78, 5) is 16.9. The summed E-state index contributed by atoms with van der Waals surface area (Å²) in [6, 6.07) is 49.6. The first-order chi connectivity index (χ1) is 25.8. The summed E-state index contributed by atoms with van der Waals surface area (Å²) in [5.41, 5.74) is 9.61. The predicted octanol–water partition coefficient (Wildman–Crippen LogP) is 12.9. The highest BCUT2D eigenvalue weighted by molar-refractivity contribution is 7.17. The summed E-state index contributed by atoms with van der Waals surface area (Å²) < 4.78 is 13.1. The Morgan fingerprint density at radius 3 is 1.71 bits per heavy atom. The average Bonchev–Trinajstić information content (AvgIpc) is 4.05. The summed E-state index contributed by atoms with van der Waals surface area (Å²) in [6.45, 7) is 0. The van der Waals surface area contributed by atoms with Crippen molar-refractivity contribution in [2.75, 3.05) is 0 Å². The zero-order valence-electron chi connectivity index (χ0n) is 27.6. The van der Waals surface area contributed by atoms with Gasteiger partial charge in [0.25, 0.3) is 0 Å². The number of aromatic nitrogens is 4. The Morgan fingerprint density at radius 2 is 0.942 bits per heavy atom. The van der Waals surface area contributed by atoms with E-state index in [0.717, 1.165) is 44.0 Å². The first-order valence-electron chi connectivity index (χ1n) is 16.6. The van der Waals surface area contributed by atoms with Gasteiger partial charge in [0.2, 0.25) is 0 Å². The Kier molecular flexibility index (Phi) is 8.50. The second kappa shape index (κ2) is 14.0. The van der Waals surface area contributed by atoms with Crippen LogP contribution in [0.3, 0.4) is 0 Å². The van der Waals surface area contributed by atoms with E-state index in [2.05, 4.69) is 117 Å². The summed E-state index contributed by atoms with van der Waals surface area (Å²) >= 11 is 3.40. The van der Waals surface area contributed by atoms with Crippen molar-refractivity contribution in [1.82, 2.24) is 19.9 Å². The molecule has 8 heteroatoms. The molecule has 12 rings (SSSR count). The van der Waals surface area contributed by atoms with Gasteiger partial charge in [-0.1, -0.05) is 121 Å². The number of nitrogens with zero attached hydrogens (tertiary/aromatic N) is 4. The Labute approximate surface area is 305 Å². The highest BCUT2D eigenvalue weighted by Crippen LogP contribution is 2.29. The minimum Gasteiger partial charge on any atom is -0.443 e. The van der Waals surface area contributed by atoms with E-state index in [1.165, 1.54) is 54.5 Å². The number of hydrogen-bond donors (Lipinski definition) is 0. The third-order valence-electron chi connectivity index (χ3n) is 8.89. The molecule has 8 aromatic carbocycles. The zero-order chi connectivity index (χ0) is 34.7. The van der Waals surface area contributed by atoms with Gasteiger partial charge in [-0.05, 0) is 45.8 Å². The quantitative estimate of drug-likeness (QED) is 0.156. The van der Waals surface area contributed by atoms with E-state index < -0.39 is 0 Å². The van der Waals surface area contributed by atoms with E-state index in [1.807, 2.05) is 59.6 Å². The maximum Gasteiger partial charge on any atom is 0.182 e. The number of rotatable bonds is 0. The second-order valence-corrected chi connectivity index (χ2v) is 13.7. The van der Waals surface area contributed by atoms with Crippen molar-refractivity contribution in [1.29, 1.82) is 0 Å². The van der Waals surface area contributed by atoms with Crippen LogP contribution >= 0.6 is 22.7 Å². The van der Waals surface area contributed by atoms with Crippen molar-refractivity contribution in [2.24, 2.45) is 0 Å². The molecule has 12 aromatic rings. The van der Waals surface area contributed by atoms with E-state index >= 15 is 0 Å². The number of hydrogen-bond acceptors (Lipinski definition) is 8. The monoisotopic (exact) mass is 708 g/mol. The number of thiazole rings is 2. The average molecular weight is 709 g/mol. The molecule has 0 saturated heterocycles. The van der Waals surface area contributed by atoms with Gasteiger partial charge in [0.1, 0.15) is 11.0 Å². The van der Waals surface area contributed by atoms with Gasteiger partial charge in [-0.15, -0.1) is 22.7 Å². The molecular formula is C44H28N4O2S2. The first kappa shape index (κ1) is 31.5. The predicted molar refractivity (Wildman–Crippen MR) is 217 cm³/mol. The summed E-state index contributed by atoms with van der Waals surface area (Å²) in [6.07, 6.45) is 2.97. The molecule has 0 aliphatic rings. The van der Waals surface area contributed by atoms with Gasteiger partial charge in [0.05, 0.1) is 31.5 Å². The lowest BCUT2D eigenvalue weighted by Crippen LogP contribution is -1.73. The van der Waals surface area contributed by atoms with Crippen LogP contribution in [0.4, 0.5) is 0 Å². The van der Waals surface area contributed by atoms with Crippen LogP contribution in [0.2, 0.25) is 0 Å². The Morgan fingerprint density at radius 1 is 0.385 bits per heavy atom. The Balaban J connectivity index is 0.0000000923. The molecule has 0 aliphatic heterocycles. The fraction of sp³-hybridized carbons (Fsp3) is 0. The maximum absolute atomic E-state index is 5.32. The molecule has 0 spiro atoms. The lowest BCUT2D eigenvalue weighted by Gasteiger charge is -1.96.